The summed E-state index contributed by atoms with van der Waals surface area (Å²) < 4.78 is 13.9. The van der Waals surface area contributed by atoms with Crippen molar-refractivity contribution >= 4 is 15.9 Å². The first-order valence-corrected chi connectivity index (χ1v) is 6.07. The lowest BCUT2D eigenvalue weighted by molar-refractivity contribution is 0.218. The van der Waals surface area contributed by atoms with Crippen molar-refractivity contribution in [3.8, 4) is 0 Å². The highest BCUT2D eigenvalue weighted by Gasteiger charge is 2.15. The Morgan fingerprint density at radius 1 is 1.12 bits per heavy atom. The number of hydrogen-bond acceptors (Lipinski definition) is 1. The molecule has 0 aromatic heterocycles. The third-order valence-electron chi connectivity index (χ3n) is 2.74. The zero-order valence-corrected chi connectivity index (χ0v) is 10.9. The molecule has 0 heterocycles. The lowest BCUT2D eigenvalue weighted by Gasteiger charge is -2.15. The summed E-state index contributed by atoms with van der Waals surface area (Å²) in [5.74, 6) is -0.351. The molecular formula is C14H12BrFO. The van der Waals surface area contributed by atoms with E-state index < -0.39 is 6.10 Å². The van der Waals surface area contributed by atoms with Gasteiger partial charge in [-0.25, -0.2) is 4.39 Å². The van der Waals surface area contributed by atoms with Gasteiger partial charge in [-0.05, 0) is 36.2 Å². The van der Waals surface area contributed by atoms with Gasteiger partial charge in [0.05, 0.1) is 0 Å². The third-order valence-corrected chi connectivity index (χ3v) is 3.46. The zero-order valence-electron chi connectivity index (χ0n) is 9.32. The monoisotopic (exact) mass is 294 g/mol. The molecule has 0 fully saturated rings. The van der Waals surface area contributed by atoms with Crippen LogP contribution < -0.4 is 0 Å². The zero-order chi connectivity index (χ0) is 12.4. The fourth-order valence-electron chi connectivity index (χ4n) is 1.79. The highest BCUT2D eigenvalue weighted by molar-refractivity contribution is 9.10. The van der Waals surface area contributed by atoms with Crippen LogP contribution in [-0.4, -0.2) is 5.11 Å². The number of aliphatic hydroxyl groups is 1. The van der Waals surface area contributed by atoms with E-state index in [-0.39, 0.29) is 5.82 Å². The van der Waals surface area contributed by atoms with Crippen LogP contribution in [0.3, 0.4) is 0 Å². The first-order chi connectivity index (χ1) is 8.09. The molecule has 17 heavy (non-hydrogen) atoms. The predicted molar refractivity (Wildman–Crippen MR) is 69.3 cm³/mol. The van der Waals surface area contributed by atoms with Gasteiger partial charge in [-0.2, -0.15) is 0 Å². The van der Waals surface area contributed by atoms with E-state index >= 15 is 0 Å². The Labute approximate surface area is 108 Å². The number of aliphatic hydroxyl groups excluding tert-OH is 1. The van der Waals surface area contributed by atoms with E-state index in [1.807, 2.05) is 31.2 Å². The van der Waals surface area contributed by atoms with E-state index in [1.165, 1.54) is 12.1 Å². The van der Waals surface area contributed by atoms with Crippen LogP contribution in [0.5, 0.6) is 0 Å². The average molecular weight is 295 g/mol. The second-order valence-electron chi connectivity index (χ2n) is 3.92. The van der Waals surface area contributed by atoms with E-state index in [0.29, 0.717) is 10.0 Å². The number of benzene rings is 2. The fraction of sp³-hybridized carbons (Fsp3) is 0.143. The average Bonchev–Trinajstić information content (AvgIpc) is 2.32. The molecule has 2 aromatic carbocycles. The van der Waals surface area contributed by atoms with Crippen LogP contribution in [0.1, 0.15) is 22.8 Å². The van der Waals surface area contributed by atoms with Gasteiger partial charge in [0.15, 0.2) is 0 Å². The second-order valence-corrected chi connectivity index (χ2v) is 4.78. The molecule has 0 bridgehead atoms. The van der Waals surface area contributed by atoms with Crippen molar-refractivity contribution in [3.63, 3.8) is 0 Å². The Morgan fingerprint density at radius 2 is 1.82 bits per heavy atom. The minimum absolute atomic E-state index is 0.351. The molecule has 1 N–H and O–H groups in total. The lowest BCUT2D eigenvalue weighted by atomic mass is 9.97. The van der Waals surface area contributed by atoms with Crippen LogP contribution in [0.15, 0.2) is 46.9 Å². The van der Waals surface area contributed by atoms with Crippen molar-refractivity contribution in [2.45, 2.75) is 13.0 Å². The summed E-state index contributed by atoms with van der Waals surface area (Å²) in [6, 6.07) is 11.8. The molecule has 88 valence electrons. The van der Waals surface area contributed by atoms with E-state index in [1.54, 1.807) is 6.07 Å². The summed E-state index contributed by atoms with van der Waals surface area (Å²) in [6.45, 7) is 1.92. The van der Waals surface area contributed by atoms with Crippen LogP contribution in [0.25, 0.3) is 0 Å². The first kappa shape index (κ1) is 12.3. The fourth-order valence-corrected chi connectivity index (χ4v) is 2.25. The Bertz CT molecular complexity index is 539. The molecule has 0 saturated carbocycles. The first-order valence-electron chi connectivity index (χ1n) is 5.28. The van der Waals surface area contributed by atoms with E-state index in [4.69, 9.17) is 0 Å². The van der Waals surface area contributed by atoms with E-state index in [0.717, 1.165) is 11.1 Å². The smallest absolute Gasteiger partial charge is 0.123 e. The number of aryl methyl sites for hydroxylation is 1. The molecule has 1 nitrogen and oxygen atoms in total. The summed E-state index contributed by atoms with van der Waals surface area (Å²) in [7, 11) is 0. The summed E-state index contributed by atoms with van der Waals surface area (Å²) in [4.78, 5) is 0. The number of halogens is 2. The van der Waals surface area contributed by atoms with Gasteiger partial charge in [-0.1, -0.05) is 40.2 Å². The summed E-state index contributed by atoms with van der Waals surface area (Å²) in [5.41, 5.74) is 2.31. The van der Waals surface area contributed by atoms with Crippen LogP contribution in [0.4, 0.5) is 4.39 Å². The van der Waals surface area contributed by atoms with Crippen molar-refractivity contribution in [2.24, 2.45) is 0 Å². The topological polar surface area (TPSA) is 20.2 Å². The molecule has 0 amide bonds. The molecule has 0 spiro atoms. The Hall–Kier alpha value is -1.19. The Morgan fingerprint density at radius 3 is 2.53 bits per heavy atom. The SMILES string of the molecule is Cc1ccccc1C(O)c1cc(F)ccc1Br. The molecule has 1 unspecified atom stereocenters. The van der Waals surface area contributed by atoms with Gasteiger partial charge >= 0.3 is 0 Å². The number of rotatable bonds is 2. The molecule has 0 aliphatic carbocycles. The highest BCUT2D eigenvalue weighted by Crippen LogP contribution is 2.30. The summed E-state index contributed by atoms with van der Waals surface area (Å²) in [6.07, 6.45) is -0.818. The van der Waals surface area contributed by atoms with Crippen molar-refractivity contribution in [1.29, 1.82) is 0 Å². The molecule has 2 rings (SSSR count). The molecule has 0 aliphatic rings. The molecule has 1 atom stereocenters. The third kappa shape index (κ3) is 2.56. The second kappa shape index (κ2) is 4.98. The van der Waals surface area contributed by atoms with Crippen LogP contribution >= 0.6 is 15.9 Å². The Kier molecular flexibility index (Phi) is 3.60. The minimum atomic E-state index is -0.818. The quantitative estimate of drug-likeness (QED) is 0.888. The van der Waals surface area contributed by atoms with Gasteiger partial charge in [0.25, 0.3) is 0 Å². The lowest BCUT2D eigenvalue weighted by Crippen LogP contribution is -2.03. The largest absolute Gasteiger partial charge is 0.384 e. The van der Waals surface area contributed by atoms with Crippen molar-refractivity contribution in [1.82, 2.24) is 0 Å². The van der Waals surface area contributed by atoms with Gasteiger partial charge in [-0.3, -0.25) is 0 Å². The minimum Gasteiger partial charge on any atom is -0.384 e. The van der Waals surface area contributed by atoms with Gasteiger partial charge in [0.1, 0.15) is 11.9 Å². The molecule has 0 radical (unpaired) electrons. The van der Waals surface area contributed by atoms with Crippen molar-refractivity contribution < 1.29 is 9.50 Å². The molecule has 0 saturated heterocycles. The molecule has 2 aromatic rings. The normalized spacial score (nSPS) is 12.5. The summed E-state index contributed by atoms with van der Waals surface area (Å²) in [5, 5.41) is 10.3. The predicted octanol–water partition coefficient (Wildman–Crippen LogP) is 3.98. The maximum Gasteiger partial charge on any atom is 0.123 e. The van der Waals surface area contributed by atoms with Crippen LogP contribution in [0, 0.1) is 12.7 Å². The van der Waals surface area contributed by atoms with Gasteiger partial charge in [0, 0.05) is 10.0 Å². The van der Waals surface area contributed by atoms with Gasteiger partial charge in [0.2, 0.25) is 0 Å². The Balaban J connectivity index is 2.47. The molecule has 3 heteroatoms. The summed E-state index contributed by atoms with van der Waals surface area (Å²) >= 11 is 3.33. The van der Waals surface area contributed by atoms with Crippen LogP contribution in [-0.2, 0) is 0 Å². The maximum absolute atomic E-state index is 13.2. The number of hydrogen-bond donors (Lipinski definition) is 1. The maximum atomic E-state index is 13.2. The molecule has 0 aliphatic heterocycles. The molecular weight excluding hydrogens is 283 g/mol. The van der Waals surface area contributed by atoms with Crippen LogP contribution in [0.2, 0.25) is 0 Å². The van der Waals surface area contributed by atoms with E-state index in [9.17, 15) is 9.50 Å². The van der Waals surface area contributed by atoms with Gasteiger partial charge < -0.3 is 5.11 Å². The van der Waals surface area contributed by atoms with E-state index in [2.05, 4.69) is 15.9 Å². The van der Waals surface area contributed by atoms with Crippen molar-refractivity contribution in [3.05, 3.63) is 69.4 Å². The standard InChI is InChI=1S/C14H12BrFO/c1-9-4-2-3-5-11(9)14(17)12-8-10(16)6-7-13(12)15/h2-8,14,17H,1H3. The highest BCUT2D eigenvalue weighted by atomic mass is 79.9. The van der Waals surface area contributed by atoms with Gasteiger partial charge in [-0.15, -0.1) is 0 Å². The van der Waals surface area contributed by atoms with Crippen molar-refractivity contribution in [2.75, 3.05) is 0 Å².